The molecule has 0 fully saturated rings. The smallest absolute Gasteiger partial charge is 0.276 e. The number of carbonyl (C=O) groups excluding carboxylic acids is 1. The van der Waals surface area contributed by atoms with E-state index in [-0.39, 0.29) is 18.3 Å². The monoisotopic (exact) mass is 499 g/mol. The zero-order valence-corrected chi connectivity index (χ0v) is 19.0. The summed E-state index contributed by atoms with van der Waals surface area (Å²) < 4.78 is 9.78. The fourth-order valence-electron chi connectivity index (χ4n) is 2.95. The van der Waals surface area contributed by atoms with Crippen molar-refractivity contribution in [1.29, 1.82) is 0 Å². The number of rotatable bonds is 7. The molecular formula is C22H19BrClN5O2. The van der Waals surface area contributed by atoms with Crippen molar-refractivity contribution in [2.75, 3.05) is 5.32 Å². The van der Waals surface area contributed by atoms with Gasteiger partial charge in [-0.2, -0.15) is 10.2 Å². The Kier molecular flexibility index (Phi) is 6.39. The number of carbonyl (C=O) groups is 1. The number of hydrogen-bond acceptors (Lipinski definition) is 4. The van der Waals surface area contributed by atoms with Crippen LogP contribution in [-0.2, 0) is 13.3 Å². The average molecular weight is 501 g/mol. The number of ether oxygens (including phenoxy) is 1. The molecule has 2 heterocycles. The second-order valence-corrected chi connectivity index (χ2v) is 8.19. The van der Waals surface area contributed by atoms with Crippen molar-refractivity contribution in [2.24, 2.45) is 0 Å². The van der Waals surface area contributed by atoms with Gasteiger partial charge in [0.15, 0.2) is 12.4 Å². The number of halogens is 2. The summed E-state index contributed by atoms with van der Waals surface area (Å²) in [4.78, 5) is 12.5. The fourth-order valence-corrected chi connectivity index (χ4v) is 3.75. The summed E-state index contributed by atoms with van der Waals surface area (Å²) in [5, 5.41) is 12.0. The van der Waals surface area contributed by atoms with Gasteiger partial charge in [0.2, 0.25) is 0 Å². The van der Waals surface area contributed by atoms with E-state index in [0.29, 0.717) is 23.0 Å². The minimum atomic E-state index is -0.318. The number of aromatic nitrogens is 4. The molecule has 0 spiro atoms. The summed E-state index contributed by atoms with van der Waals surface area (Å²) in [7, 11) is 0. The number of nitrogens with one attached hydrogen (secondary N) is 1. The van der Waals surface area contributed by atoms with Crippen molar-refractivity contribution in [1.82, 2.24) is 19.6 Å². The van der Waals surface area contributed by atoms with Crippen LogP contribution in [0, 0.1) is 6.92 Å². The zero-order valence-electron chi connectivity index (χ0n) is 16.6. The van der Waals surface area contributed by atoms with Crippen LogP contribution in [0.4, 0.5) is 5.69 Å². The Morgan fingerprint density at radius 3 is 2.84 bits per heavy atom. The first-order valence-corrected chi connectivity index (χ1v) is 10.6. The van der Waals surface area contributed by atoms with Crippen molar-refractivity contribution < 1.29 is 9.53 Å². The largest absolute Gasteiger partial charge is 0.470 e. The Bertz CT molecular complexity index is 1220. The number of hydrogen-bond donors (Lipinski definition) is 1. The predicted molar refractivity (Wildman–Crippen MR) is 122 cm³/mol. The molecule has 2 aromatic heterocycles. The van der Waals surface area contributed by atoms with E-state index in [4.69, 9.17) is 16.3 Å². The Morgan fingerprint density at radius 2 is 2.03 bits per heavy atom. The predicted octanol–water partition coefficient (Wildman–Crippen LogP) is 5.14. The van der Waals surface area contributed by atoms with Crippen LogP contribution >= 0.6 is 27.5 Å². The van der Waals surface area contributed by atoms with E-state index >= 15 is 0 Å². The maximum Gasteiger partial charge on any atom is 0.276 e. The zero-order chi connectivity index (χ0) is 21.8. The van der Waals surface area contributed by atoms with E-state index < -0.39 is 0 Å². The quantitative estimate of drug-likeness (QED) is 0.381. The average Bonchev–Trinajstić information content (AvgIpc) is 3.39. The van der Waals surface area contributed by atoms with E-state index in [1.165, 1.54) is 15.8 Å². The van der Waals surface area contributed by atoms with Crippen LogP contribution in [0.2, 0.25) is 5.02 Å². The number of anilines is 1. The molecule has 7 nitrogen and oxygen atoms in total. The number of aryl methyl sites for hydroxylation is 1. The van der Waals surface area contributed by atoms with Crippen molar-refractivity contribution in [3.8, 4) is 5.75 Å². The fraction of sp³-hybridized carbons (Fsp3) is 0.136. The number of amides is 1. The lowest BCUT2D eigenvalue weighted by molar-refractivity contribution is 0.102. The first-order chi connectivity index (χ1) is 15.0. The van der Waals surface area contributed by atoms with Gasteiger partial charge in [-0.05, 0) is 58.2 Å². The summed E-state index contributed by atoms with van der Waals surface area (Å²) in [5.74, 6) is 0.314. The Labute approximate surface area is 192 Å². The molecule has 0 saturated carbocycles. The minimum absolute atomic E-state index is 0.155. The topological polar surface area (TPSA) is 74.0 Å². The number of benzene rings is 2. The van der Waals surface area contributed by atoms with Gasteiger partial charge in [-0.1, -0.05) is 35.9 Å². The maximum absolute atomic E-state index is 12.5. The van der Waals surface area contributed by atoms with Crippen LogP contribution in [0.3, 0.4) is 0 Å². The van der Waals surface area contributed by atoms with Gasteiger partial charge in [0.25, 0.3) is 5.91 Å². The molecular weight excluding hydrogens is 482 g/mol. The summed E-state index contributed by atoms with van der Waals surface area (Å²) >= 11 is 9.34. The standard InChI is InChI=1S/C22H19BrClN5O2/c1-15-4-2-3-5-16(15)12-29-13-18(11-25-29)26-22(30)20-8-9-28(27-20)14-31-21-7-6-17(24)10-19(21)23/h2-11,13H,12,14H2,1H3,(H,26,30). The molecule has 0 saturated heterocycles. The molecule has 0 unspecified atom stereocenters. The van der Waals surface area contributed by atoms with Crippen molar-refractivity contribution in [3.63, 3.8) is 0 Å². The van der Waals surface area contributed by atoms with Gasteiger partial charge in [0.1, 0.15) is 5.75 Å². The van der Waals surface area contributed by atoms with Gasteiger partial charge in [-0.25, -0.2) is 4.68 Å². The van der Waals surface area contributed by atoms with E-state index in [1.54, 1.807) is 47.5 Å². The molecule has 2 aromatic carbocycles. The molecule has 4 aromatic rings. The highest BCUT2D eigenvalue weighted by molar-refractivity contribution is 9.10. The lowest BCUT2D eigenvalue weighted by Gasteiger charge is -2.08. The molecule has 0 aliphatic rings. The molecule has 0 aliphatic heterocycles. The Hall–Kier alpha value is -3.10. The van der Waals surface area contributed by atoms with Gasteiger partial charge in [0, 0.05) is 17.4 Å². The van der Waals surface area contributed by atoms with Crippen LogP contribution in [-0.4, -0.2) is 25.5 Å². The third-order valence-corrected chi connectivity index (χ3v) is 5.46. The SMILES string of the molecule is Cc1ccccc1Cn1cc(NC(=O)c2ccn(COc3ccc(Cl)cc3Br)n2)cn1. The van der Waals surface area contributed by atoms with E-state index in [0.717, 1.165) is 4.47 Å². The first-order valence-electron chi connectivity index (χ1n) is 9.47. The molecule has 0 bridgehead atoms. The van der Waals surface area contributed by atoms with Crippen LogP contribution in [0.15, 0.2) is 71.6 Å². The van der Waals surface area contributed by atoms with Crippen LogP contribution < -0.4 is 10.1 Å². The second kappa shape index (κ2) is 9.36. The van der Waals surface area contributed by atoms with Gasteiger partial charge in [0.05, 0.1) is 22.9 Å². The van der Waals surface area contributed by atoms with Crippen molar-refractivity contribution >= 4 is 39.1 Å². The lowest BCUT2D eigenvalue weighted by atomic mass is 10.1. The Morgan fingerprint density at radius 1 is 1.19 bits per heavy atom. The van der Waals surface area contributed by atoms with E-state index in [1.807, 2.05) is 12.1 Å². The molecule has 4 rings (SSSR count). The minimum Gasteiger partial charge on any atom is -0.470 e. The molecule has 0 radical (unpaired) electrons. The highest BCUT2D eigenvalue weighted by atomic mass is 79.9. The van der Waals surface area contributed by atoms with E-state index in [9.17, 15) is 4.79 Å². The molecule has 1 amide bonds. The maximum atomic E-state index is 12.5. The Balaban J connectivity index is 1.35. The van der Waals surface area contributed by atoms with E-state index in [2.05, 4.69) is 50.5 Å². The molecule has 158 valence electrons. The van der Waals surface area contributed by atoms with Gasteiger partial charge in [-0.3, -0.25) is 9.48 Å². The summed E-state index contributed by atoms with van der Waals surface area (Å²) in [6, 6.07) is 15.0. The molecule has 1 N–H and O–H groups in total. The van der Waals surface area contributed by atoms with Crippen molar-refractivity contribution in [3.05, 3.63) is 93.4 Å². The van der Waals surface area contributed by atoms with Crippen LogP contribution in [0.25, 0.3) is 0 Å². The van der Waals surface area contributed by atoms with Crippen LogP contribution in [0.1, 0.15) is 21.6 Å². The van der Waals surface area contributed by atoms with Gasteiger partial charge in [-0.15, -0.1) is 0 Å². The van der Waals surface area contributed by atoms with Crippen molar-refractivity contribution in [2.45, 2.75) is 20.2 Å². The van der Waals surface area contributed by atoms with Gasteiger partial charge < -0.3 is 10.1 Å². The third-order valence-electron chi connectivity index (χ3n) is 4.60. The molecule has 31 heavy (non-hydrogen) atoms. The summed E-state index contributed by atoms with van der Waals surface area (Å²) in [6.45, 7) is 2.85. The summed E-state index contributed by atoms with van der Waals surface area (Å²) in [5.41, 5.74) is 3.26. The molecule has 9 heteroatoms. The number of nitrogens with zero attached hydrogens (tertiary/aromatic N) is 4. The molecule has 0 atom stereocenters. The normalized spacial score (nSPS) is 10.8. The second-order valence-electron chi connectivity index (χ2n) is 6.90. The third kappa shape index (κ3) is 5.34. The highest BCUT2D eigenvalue weighted by Crippen LogP contribution is 2.28. The summed E-state index contributed by atoms with van der Waals surface area (Å²) in [6.07, 6.45) is 5.09. The van der Waals surface area contributed by atoms with Crippen LogP contribution in [0.5, 0.6) is 5.75 Å². The first kappa shape index (κ1) is 21.1. The lowest BCUT2D eigenvalue weighted by Crippen LogP contribution is -2.14. The van der Waals surface area contributed by atoms with Gasteiger partial charge >= 0.3 is 0 Å². The highest BCUT2D eigenvalue weighted by Gasteiger charge is 2.12. The molecule has 0 aliphatic carbocycles.